The van der Waals surface area contributed by atoms with Gasteiger partial charge in [0.2, 0.25) is 11.8 Å². The molecule has 3 rings (SSSR count). The molecule has 5 nitrogen and oxygen atoms in total. The predicted octanol–water partition coefficient (Wildman–Crippen LogP) is 0.533. The Balaban J connectivity index is 0.00000147. The predicted molar refractivity (Wildman–Crippen MR) is 78.7 cm³/mol. The molecule has 3 saturated heterocycles. The topological polar surface area (TPSA) is 61.4 Å². The van der Waals surface area contributed by atoms with Crippen LogP contribution in [0.3, 0.4) is 0 Å². The summed E-state index contributed by atoms with van der Waals surface area (Å²) in [6.07, 6.45) is 4.03. The van der Waals surface area contributed by atoms with Crippen LogP contribution in [0.5, 0.6) is 0 Å². The Morgan fingerprint density at radius 1 is 1.40 bits per heavy atom. The molecule has 3 fully saturated rings. The fraction of sp³-hybridized carbons (Fsp3) is 0.857. The lowest BCUT2D eigenvalue weighted by Crippen LogP contribution is -2.66. The van der Waals surface area contributed by atoms with Crippen molar-refractivity contribution in [2.75, 3.05) is 19.6 Å². The standard InChI is InChI=1S/C14H23N3O2.ClH/c1-9(18)16-8-13-11-5-10(6-15-7-11)12-3-2-4-14(19)17(12)13;/h10-13,15H,2-8H2,1H3,(H,16,18);1H/t10-,11+,12+,13+;/m1./s1. The molecule has 2 N–H and O–H groups in total. The molecule has 0 aliphatic carbocycles. The van der Waals surface area contributed by atoms with Crippen LogP contribution in [0, 0.1) is 11.8 Å². The van der Waals surface area contributed by atoms with E-state index in [-0.39, 0.29) is 24.4 Å². The maximum Gasteiger partial charge on any atom is 0.223 e. The highest BCUT2D eigenvalue weighted by molar-refractivity contribution is 5.85. The minimum Gasteiger partial charge on any atom is -0.354 e. The van der Waals surface area contributed by atoms with Gasteiger partial charge in [-0.05, 0) is 37.6 Å². The highest BCUT2D eigenvalue weighted by atomic mass is 35.5. The van der Waals surface area contributed by atoms with Crippen molar-refractivity contribution in [3.8, 4) is 0 Å². The number of nitrogens with zero attached hydrogens (tertiary/aromatic N) is 1. The van der Waals surface area contributed by atoms with E-state index in [1.807, 2.05) is 0 Å². The van der Waals surface area contributed by atoms with Crippen molar-refractivity contribution in [1.29, 1.82) is 0 Å². The molecular formula is C14H24ClN3O2. The second-order valence-corrected chi connectivity index (χ2v) is 6.18. The summed E-state index contributed by atoms with van der Waals surface area (Å²) in [5, 5.41) is 6.41. The Labute approximate surface area is 126 Å². The van der Waals surface area contributed by atoms with Gasteiger partial charge in [-0.25, -0.2) is 0 Å². The SMILES string of the molecule is CC(=O)NC[C@H]1[C@@H]2CNC[C@@H](C2)[C@@H]2CCCC(=O)N21.Cl. The lowest BCUT2D eigenvalue weighted by Gasteiger charge is -2.54. The first kappa shape index (κ1) is 15.6. The first-order valence-electron chi connectivity index (χ1n) is 7.43. The molecule has 2 bridgehead atoms. The molecule has 20 heavy (non-hydrogen) atoms. The van der Waals surface area contributed by atoms with E-state index >= 15 is 0 Å². The van der Waals surface area contributed by atoms with Crippen LogP contribution in [-0.4, -0.2) is 48.4 Å². The highest BCUT2D eigenvalue weighted by Gasteiger charge is 2.47. The zero-order valence-corrected chi connectivity index (χ0v) is 12.7. The van der Waals surface area contributed by atoms with E-state index in [9.17, 15) is 9.59 Å². The number of hydrogen-bond acceptors (Lipinski definition) is 3. The first-order valence-corrected chi connectivity index (χ1v) is 7.43. The minimum absolute atomic E-state index is 0. The summed E-state index contributed by atoms with van der Waals surface area (Å²) in [5.41, 5.74) is 0. The second kappa shape index (κ2) is 6.31. The van der Waals surface area contributed by atoms with Crippen molar-refractivity contribution >= 4 is 24.2 Å². The van der Waals surface area contributed by atoms with Gasteiger partial charge < -0.3 is 15.5 Å². The second-order valence-electron chi connectivity index (χ2n) is 6.18. The Morgan fingerprint density at radius 3 is 2.90 bits per heavy atom. The van der Waals surface area contributed by atoms with Crippen molar-refractivity contribution in [2.24, 2.45) is 11.8 Å². The van der Waals surface area contributed by atoms with Gasteiger partial charge in [-0.3, -0.25) is 9.59 Å². The van der Waals surface area contributed by atoms with Gasteiger partial charge in [0.1, 0.15) is 0 Å². The zero-order chi connectivity index (χ0) is 13.4. The van der Waals surface area contributed by atoms with Gasteiger partial charge in [0, 0.05) is 32.5 Å². The number of rotatable bonds is 2. The van der Waals surface area contributed by atoms with Gasteiger partial charge in [0.05, 0.1) is 6.04 Å². The number of hydrogen-bond donors (Lipinski definition) is 2. The molecule has 3 aliphatic heterocycles. The Kier molecular flexibility index (Phi) is 4.91. The summed E-state index contributed by atoms with van der Waals surface area (Å²) in [6, 6.07) is 0.579. The van der Waals surface area contributed by atoms with Gasteiger partial charge in [0.25, 0.3) is 0 Å². The lowest BCUT2D eigenvalue weighted by molar-refractivity contribution is -0.149. The minimum atomic E-state index is -0.00750. The van der Waals surface area contributed by atoms with Gasteiger partial charge in [0.15, 0.2) is 0 Å². The van der Waals surface area contributed by atoms with E-state index in [2.05, 4.69) is 15.5 Å². The molecule has 0 spiro atoms. The summed E-state index contributed by atoms with van der Waals surface area (Å²) in [7, 11) is 0. The van der Waals surface area contributed by atoms with Crippen LogP contribution in [-0.2, 0) is 9.59 Å². The maximum atomic E-state index is 12.3. The van der Waals surface area contributed by atoms with E-state index < -0.39 is 0 Å². The highest BCUT2D eigenvalue weighted by Crippen LogP contribution is 2.39. The third-order valence-electron chi connectivity index (χ3n) is 4.96. The van der Waals surface area contributed by atoms with E-state index in [0.717, 1.165) is 25.9 Å². The first-order chi connectivity index (χ1) is 9.16. The quantitative estimate of drug-likeness (QED) is 0.782. The molecule has 0 aromatic heterocycles. The van der Waals surface area contributed by atoms with Crippen LogP contribution in [0.1, 0.15) is 32.6 Å². The monoisotopic (exact) mass is 301 g/mol. The van der Waals surface area contributed by atoms with E-state index in [4.69, 9.17) is 0 Å². The Morgan fingerprint density at radius 2 is 2.15 bits per heavy atom. The van der Waals surface area contributed by atoms with Gasteiger partial charge in [-0.1, -0.05) is 0 Å². The van der Waals surface area contributed by atoms with Crippen LogP contribution in [0.25, 0.3) is 0 Å². The van der Waals surface area contributed by atoms with Crippen LogP contribution >= 0.6 is 12.4 Å². The molecule has 2 amide bonds. The normalized spacial score (nSPS) is 35.9. The third-order valence-corrected chi connectivity index (χ3v) is 4.96. The fourth-order valence-electron chi connectivity index (χ4n) is 4.15. The van der Waals surface area contributed by atoms with Gasteiger partial charge in [-0.2, -0.15) is 0 Å². The van der Waals surface area contributed by atoms with Crippen LogP contribution in [0.15, 0.2) is 0 Å². The number of halogens is 1. The summed E-state index contributed by atoms with van der Waals surface area (Å²) in [4.78, 5) is 25.6. The number of amides is 2. The van der Waals surface area contributed by atoms with Crippen molar-refractivity contribution in [3.63, 3.8) is 0 Å². The van der Waals surface area contributed by atoms with Gasteiger partial charge in [-0.15, -0.1) is 12.4 Å². The molecule has 0 saturated carbocycles. The molecule has 0 aromatic rings. The summed E-state index contributed by atoms with van der Waals surface area (Å²) < 4.78 is 0. The van der Waals surface area contributed by atoms with Crippen LogP contribution in [0.2, 0.25) is 0 Å². The van der Waals surface area contributed by atoms with Crippen LogP contribution < -0.4 is 10.6 Å². The smallest absolute Gasteiger partial charge is 0.223 e. The number of piperidine rings is 3. The number of fused-ring (bicyclic) bond motifs is 4. The molecule has 0 radical (unpaired) electrons. The molecule has 3 heterocycles. The lowest BCUT2D eigenvalue weighted by atomic mass is 9.72. The van der Waals surface area contributed by atoms with E-state index in [0.29, 0.717) is 36.8 Å². The summed E-state index contributed by atoms with van der Waals surface area (Å²) in [5.74, 6) is 1.38. The average Bonchev–Trinajstić information content (AvgIpc) is 2.39. The summed E-state index contributed by atoms with van der Waals surface area (Å²) in [6.45, 7) is 4.16. The molecule has 114 valence electrons. The number of carbonyl (C=O) groups is 2. The van der Waals surface area contributed by atoms with Crippen molar-refractivity contribution in [2.45, 2.75) is 44.7 Å². The molecule has 6 heteroatoms. The van der Waals surface area contributed by atoms with Crippen LogP contribution in [0.4, 0.5) is 0 Å². The Bertz CT molecular complexity index is 391. The molecular weight excluding hydrogens is 278 g/mol. The van der Waals surface area contributed by atoms with Crippen molar-refractivity contribution in [3.05, 3.63) is 0 Å². The average molecular weight is 302 g/mol. The fourth-order valence-corrected chi connectivity index (χ4v) is 4.15. The van der Waals surface area contributed by atoms with Gasteiger partial charge >= 0.3 is 0 Å². The van der Waals surface area contributed by atoms with E-state index in [1.165, 1.54) is 6.42 Å². The maximum absolute atomic E-state index is 12.3. The number of nitrogens with one attached hydrogen (secondary N) is 2. The van der Waals surface area contributed by atoms with Crippen molar-refractivity contribution in [1.82, 2.24) is 15.5 Å². The van der Waals surface area contributed by atoms with E-state index in [1.54, 1.807) is 6.92 Å². The zero-order valence-electron chi connectivity index (χ0n) is 11.9. The largest absolute Gasteiger partial charge is 0.354 e. The molecule has 4 atom stereocenters. The molecule has 0 aromatic carbocycles. The molecule has 0 unspecified atom stereocenters. The molecule has 3 aliphatic rings. The summed E-state index contributed by atoms with van der Waals surface area (Å²) >= 11 is 0. The number of carbonyl (C=O) groups excluding carboxylic acids is 2. The Hall–Kier alpha value is -0.810. The third kappa shape index (κ3) is 2.79. The van der Waals surface area contributed by atoms with Crippen molar-refractivity contribution < 1.29 is 9.59 Å².